The van der Waals surface area contributed by atoms with Crippen LogP contribution in [-0.2, 0) is 19.6 Å². The van der Waals surface area contributed by atoms with E-state index in [0.29, 0.717) is 26.0 Å². The number of piperidine rings is 1. The Morgan fingerprint density at radius 2 is 1.96 bits per heavy atom. The summed E-state index contributed by atoms with van der Waals surface area (Å²) in [5, 5.41) is 2.68. The minimum Gasteiger partial charge on any atom is -0.381 e. The van der Waals surface area contributed by atoms with Gasteiger partial charge in [-0.2, -0.15) is 4.31 Å². The molecule has 1 amide bonds. The molecule has 3 rings (SSSR count). The predicted molar refractivity (Wildman–Crippen MR) is 104 cm³/mol. The number of hydrogen-bond acceptors (Lipinski definition) is 4. The van der Waals surface area contributed by atoms with E-state index in [0.717, 1.165) is 31.1 Å². The summed E-state index contributed by atoms with van der Waals surface area (Å²) in [5.41, 5.74) is 0. The van der Waals surface area contributed by atoms with Crippen molar-refractivity contribution < 1.29 is 22.3 Å². The molecule has 2 fully saturated rings. The van der Waals surface area contributed by atoms with E-state index in [1.807, 2.05) is 0 Å². The van der Waals surface area contributed by atoms with Crippen molar-refractivity contribution in [1.29, 1.82) is 0 Å². The molecule has 6 nitrogen and oxygen atoms in total. The zero-order chi connectivity index (χ0) is 20.1. The molecule has 1 aliphatic heterocycles. The molecule has 28 heavy (non-hydrogen) atoms. The van der Waals surface area contributed by atoms with E-state index < -0.39 is 15.8 Å². The average Bonchev–Trinajstić information content (AvgIpc) is 3.51. The van der Waals surface area contributed by atoms with Gasteiger partial charge in [-0.3, -0.25) is 4.79 Å². The molecule has 0 unspecified atom stereocenters. The quantitative estimate of drug-likeness (QED) is 0.609. The van der Waals surface area contributed by atoms with Gasteiger partial charge >= 0.3 is 0 Å². The van der Waals surface area contributed by atoms with E-state index in [4.69, 9.17) is 16.3 Å². The van der Waals surface area contributed by atoms with Gasteiger partial charge in [-0.05, 0) is 56.2 Å². The number of sulfonamides is 1. The highest BCUT2D eigenvalue weighted by Gasteiger charge is 2.32. The monoisotopic (exact) mass is 432 g/mol. The number of halogens is 2. The lowest BCUT2D eigenvalue weighted by molar-refractivity contribution is -0.126. The lowest BCUT2D eigenvalue weighted by atomic mass is 9.97. The lowest BCUT2D eigenvalue weighted by Crippen LogP contribution is -2.43. The molecule has 1 heterocycles. The number of amides is 1. The van der Waals surface area contributed by atoms with Crippen LogP contribution in [0.25, 0.3) is 0 Å². The maximum atomic E-state index is 13.3. The van der Waals surface area contributed by atoms with Crippen LogP contribution in [0.3, 0.4) is 0 Å². The number of ether oxygens (including phenoxy) is 1. The first kappa shape index (κ1) is 21.5. The van der Waals surface area contributed by atoms with Crippen LogP contribution in [-0.4, -0.2) is 51.5 Å². The molecule has 1 aromatic rings. The van der Waals surface area contributed by atoms with Gasteiger partial charge in [0.05, 0.1) is 9.92 Å². The van der Waals surface area contributed by atoms with Crippen molar-refractivity contribution in [3.05, 3.63) is 29.0 Å². The summed E-state index contributed by atoms with van der Waals surface area (Å²) < 4.78 is 45.5. The first-order valence-corrected chi connectivity index (χ1v) is 11.5. The zero-order valence-electron chi connectivity index (χ0n) is 15.7. The maximum absolute atomic E-state index is 13.3. The molecule has 0 atom stereocenters. The fraction of sp³-hybridized carbons (Fsp3) is 0.632. The van der Waals surface area contributed by atoms with Crippen molar-refractivity contribution in [2.24, 2.45) is 11.8 Å². The van der Waals surface area contributed by atoms with Crippen molar-refractivity contribution >= 4 is 27.5 Å². The number of carbonyl (C=O) groups excluding carboxylic acids is 1. The third kappa shape index (κ3) is 5.65. The second kappa shape index (κ2) is 9.52. The fourth-order valence-electron chi connectivity index (χ4n) is 3.21. The van der Waals surface area contributed by atoms with E-state index in [9.17, 15) is 17.6 Å². The van der Waals surface area contributed by atoms with Crippen molar-refractivity contribution in [2.45, 2.75) is 37.0 Å². The minimum atomic E-state index is -3.75. The zero-order valence-corrected chi connectivity index (χ0v) is 17.3. The summed E-state index contributed by atoms with van der Waals surface area (Å²) in [4.78, 5) is 12.2. The Morgan fingerprint density at radius 1 is 1.25 bits per heavy atom. The van der Waals surface area contributed by atoms with Gasteiger partial charge in [0, 0.05) is 38.8 Å². The Morgan fingerprint density at radius 3 is 2.61 bits per heavy atom. The van der Waals surface area contributed by atoms with Gasteiger partial charge < -0.3 is 10.1 Å². The molecule has 156 valence electrons. The van der Waals surface area contributed by atoms with Gasteiger partial charge in [0.1, 0.15) is 5.82 Å². The minimum absolute atomic E-state index is 0.0343. The summed E-state index contributed by atoms with van der Waals surface area (Å²) in [5.74, 6) is -0.157. The van der Waals surface area contributed by atoms with Gasteiger partial charge in [-0.1, -0.05) is 11.6 Å². The average molecular weight is 433 g/mol. The van der Waals surface area contributed by atoms with E-state index in [1.54, 1.807) is 0 Å². The molecule has 1 saturated heterocycles. The summed E-state index contributed by atoms with van der Waals surface area (Å²) in [6.45, 7) is 2.53. The molecule has 2 aliphatic rings. The van der Waals surface area contributed by atoms with E-state index in [1.165, 1.54) is 23.2 Å². The topological polar surface area (TPSA) is 75.7 Å². The third-order valence-electron chi connectivity index (χ3n) is 5.17. The number of rotatable bonds is 9. The summed E-state index contributed by atoms with van der Waals surface area (Å²) in [6.07, 6.45) is 4.21. The summed E-state index contributed by atoms with van der Waals surface area (Å²) in [7, 11) is -3.75. The summed E-state index contributed by atoms with van der Waals surface area (Å²) in [6, 6.07) is 3.38. The van der Waals surface area contributed by atoms with Gasteiger partial charge in [0.2, 0.25) is 15.9 Å². The highest BCUT2D eigenvalue weighted by atomic mass is 35.5. The standard InChI is InChI=1S/C19H26ClFN2O4S/c20-17-12-16(4-5-18(17)21)28(25,26)23-9-6-15(7-10-23)19(24)22-8-1-11-27-13-14-2-3-14/h4-5,12,14-15H,1-3,6-11,13H2,(H,22,24). The van der Waals surface area contributed by atoms with E-state index >= 15 is 0 Å². The smallest absolute Gasteiger partial charge is 0.243 e. The van der Waals surface area contributed by atoms with Crippen LogP contribution < -0.4 is 5.32 Å². The van der Waals surface area contributed by atoms with Gasteiger partial charge in [0.15, 0.2) is 0 Å². The molecule has 0 radical (unpaired) electrons. The van der Waals surface area contributed by atoms with Crippen molar-refractivity contribution in [3.63, 3.8) is 0 Å². The molecule has 0 bridgehead atoms. The van der Waals surface area contributed by atoms with Gasteiger partial charge in [0.25, 0.3) is 0 Å². The Hall–Kier alpha value is -1.22. The van der Waals surface area contributed by atoms with Crippen LogP contribution in [0, 0.1) is 17.7 Å². The van der Waals surface area contributed by atoms with Crippen LogP contribution >= 0.6 is 11.6 Å². The third-order valence-corrected chi connectivity index (χ3v) is 7.35. The Kier molecular flexibility index (Phi) is 7.31. The normalized spacial score (nSPS) is 18.9. The van der Waals surface area contributed by atoms with Gasteiger partial charge in [-0.25, -0.2) is 12.8 Å². The molecule has 1 saturated carbocycles. The Bertz CT molecular complexity index is 793. The first-order chi connectivity index (χ1) is 13.4. The second-order valence-electron chi connectivity index (χ2n) is 7.42. The van der Waals surface area contributed by atoms with E-state index in [-0.39, 0.29) is 34.8 Å². The SMILES string of the molecule is O=C(NCCCOCC1CC1)C1CCN(S(=O)(=O)c2ccc(F)c(Cl)c2)CC1. The predicted octanol–water partition coefficient (Wildman–Crippen LogP) is 2.81. The molecule has 1 N–H and O–H groups in total. The molecular formula is C19H26ClFN2O4S. The van der Waals surface area contributed by atoms with E-state index in [2.05, 4.69) is 5.32 Å². The van der Waals surface area contributed by atoms with Crippen LogP contribution in [0.4, 0.5) is 4.39 Å². The molecule has 9 heteroatoms. The maximum Gasteiger partial charge on any atom is 0.243 e. The largest absolute Gasteiger partial charge is 0.381 e. The molecule has 0 spiro atoms. The highest BCUT2D eigenvalue weighted by Crippen LogP contribution is 2.29. The molecule has 0 aromatic heterocycles. The van der Waals surface area contributed by atoms with Crippen LogP contribution in [0.15, 0.2) is 23.1 Å². The number of hydrogen-bond donors (Lipinski definition) is 1. The van der Waals surface area contributed by atoms with Crippen LogP contribution in [0.2, 0.25) is 5.02 Å². The van der Waals surface area contributed by atoms with Crippen LogP contribution in [0.1, 0.15) is 32.1 Å². The van der Waals surface area contributed by atoms with Crippen molar-refractivity contribution in [2.75, 3.05) is 32.8 Å². The van der Waals surface area contributed by atoms with Gasteiger partial charge in [-0.15, -0.1) is 0 Å². The van der Waals surface area contributed by atoms with Crippen molar-refractivity contribution in [3.8, 4) is 0 Å². The number of nitrogens with zero attached hydrogens (tertiary/aromatic N) is 1. The number of benzene rings is 1. The first-order valence-electron chi connectivity index (χ1n) is 9.68. The Balaban J connectivity index is 1.41. The second-order valence-corrected chi connectivity index (χ2v) is 9.76. The summed E-state index contributed by atoms with van der Waals surface area (Å²) >= 11 is 5.70. The highest BCUT2D eigenvalue weighted by molar-refractivity contribution is 7.89. The molecule has 1 aliphatic carbocycles. The fourth-order valence-corrected chi connectivity index (χ4v) is 4.95. The molecular weight excluding hydrogens is 407 g/mol. The Labute approximate surface area is 170 Å². The lowest BCUT2D eigenvalue weighted by Gasteiger charge is -2.30. The van der Waals surface area contributed by atoms with Crippen LogP contribution in [0.5, 0.6) is 0 Å². The number of carbonyl (C=O) groups is 1. The molecule has 1 aromatic carbocycles. The van der Waals surface area contributed by atoms with Crippen molar-refractivity contribution in [1.82, 2.24) is 9.62 Å². The number of nitrogens with one attached hydrogen (secondary N) is 1.